The lowest BCUT2D eigenvalue weighted by Crippen LogP contribution is -2.39. The van der Waals surface area contributed by atoms with E-state index in [1.807, 2.05) is 67.3 Å². The average molecular weight is 381 g/mol. The maximum absolute atomic E-state index is 12.8. The molecule has 2 rings (SSSR count). The molecule has 0 bridgehead atoms. The van der Waals surface area contributed by atoms with Crippen LogP contribution in [0.1, 0.15) is 44.7 Å². The molecule has 2 amide bonds. The van der Waals surface area contributed by atoms with Crippen molar-refractivity contribution in [3.8, 4) is 0 Å². The molecule has 0 heterocycles. The highest BCUT2D eigenvalue weighted by atomic mass is 16.2. The van der Waals surface area contributed by atoms with Crippen molar-refractivity contribution < 1.29 is 9.59 Å². The topological polar surface area (TPSA) is 40.6 Å². The first kappa shape index (κ1) is 21.7. The van der Waals surface area contributed by atoms with Crippen molar-refractivity contribution in [2.24, 2.45) is 0 Å². The third kappa shape index (κ3) is 7.18. The molecule has 0 saturated carbocycles. The number of rotatable bonds is 10. The van der Waals surface area contributed by atoms with Gasteiger partial charge in [0.05, 0.1) is 0 Å². The second-order valence-corrected chi connectivity index (χ2v) is 7.45. The Labute approximate surface area is 169 Å². The number of carbonyl (C=O) groups is 2. The first-order valence-electron chi connectivity index (χ1n) is 10.1. The van der Waals surface area contributed by atoms with Gasteiger partial charge in [0.1, 0.15) is 0 Å². The number of carbonyl (C=O) groups excluding carboxylic acids is 2. The van der Waals surface area contributed by atoms with E-state index in [-0.39, 0.29) is 17.9 Å². The summed E-state index contributed by atoms with van der Waals surface area (Å²) < 4.78 is 0. The molecule has 0 aliphatic rings. The predicted molar refractivity (Wildman–Crippen MR) is 114 cm³/mol. The molecular weight excluding hydrogens is 348 g/mol. The van der Waals surface area contributed by atoms with Gasteiger partial charge in [-0.05, 0) is 37.8 Å². The fraction of sp³-hybridized carbons (Fsp3) is 0.417. The molecule has 0 aromatic heterocycles. The molecule has 4 nitrogen and oxygen atoms in total. The summed E-state index contributed by atoms with van der Waals surface area (Å²) in [6.07, 6.45) is 2.19. The molecule has 4 heteroatoms. The van der Waals surface area contributed by atoms with Crippen LogP contribution in [-0.2, 0) is 22.6 Å². The Morgan fingerprint density at radius 1 is 0.857 bits per heavy atom. The molecule has 2 aromatic rings. The van der Waals surface area contributed by atoms with Gasteiger partial charge in [0.25, 0.3) is 0 Å². The lowest BCUT2D eigenvalue weighted by atomic mass is 10.1. The largest absolute Gasteiger partial charge is 0.342 e. The fourth-order valence-corrected chi connectivity index (χ4v) is 3.26. The van der Waals surface area contributed by atoms with Crippen LogP contribution in [0.25, 0.3) is 0 Å². The SMILES string of the molecule is CC(=O)N(CCCc1ccccc1)CCC(=O)N(Cc1ccccc1)C(C)C. The van der Waals surface area contributed by atoms with Gasteiger partial charge in [0.15, 0.2) is 0 Å². The number of hydrogen-bond acceptors (Lipinski definition) is 2. The Balaban J connectivity index is 1.86. The van der Waals surface area contributed by atoms with Crippen molar-refractivity contribution in [2.75, 3.05) is 13.1 Å². The Hall–Kier alpha value is -2.62. The summed E-state index contributed by atoms with van der Waals surface area (Å²) in [5.74, 6) is 0.119. The summed E-state index contributed by atoms with van der Waals surface area (Å²) in [7, 11) is 0. The first-order valence-corrected chi connectivity index (χ1v) is 10.1. The van der Waals surface area contributed by atoms with Gasteiger partial charge in [-0.25, -0.2) is 0 Å². The summed E-state index contributed by atoms with van der Waals surface area (Å²) in [5, 5.41) is 0. The van der Waals surface area contributed by atoms with Crippen LogP contribution in [0.2, 0.25) is 0 Å². The van der Waals surface area contributed by atoms with E-state index in [0.717, 1.165) is 18.4 Å². The smallest absolute Gasteiger partial charge is 0.224 e. The standard InChI is InChI=1S/C24H32N2O2/c1-20(2)26(19-23-13-8-5-9-14-23)24(28)16-18-25(21(3)27)17-10-15-22-11-6-4-7-12-22/h4-9,11-14,20H,10,15-19H2,1-3H3. The van der Waals surface area contributed by atoms with Gasteiger partial charge in [0, 0.05) is 39.0 Å². The van der Waals surface area contributed by atoms with E-state index in [0.29, 0.717) is 26.1 Å². The van der Waals surface area contributed by atoms with E-state index in [1.165, 1.54) is 5.56 Å². The van der Waals surface area contributed by atoms with Crippen LogP contribution >= 0.6 is 0 Å². The zero-order chi connectivity index (χ0) is 20.4. The molecule has 28 heavy (non-hydrogen) atoms. The van der Waals surface area contributed by atoms with Crippen molar-refractivity contribution >= 4 is 11.8 Å². The minimum Gasteiger partial charge on any atom is -0.342 e. The van der Waals surface area contributed by atoms with Gasteiger partial charge in [0.2, 0.25) is 11.8 Å². The van der Waals surface area contributed by atoms with Gasteiger partial charge < -0.3 is 9.80 Å². The van der Waals surface area contributed by atoms with Gasteiger partial charge in [-0.1, -0.05) is 60.7 Å². The zero-order valence-electron chi connectivity index (χ0n) is 17.3. The number of benzene rings is 2. The normalized spacial score (nSPS) is 10.7. The molecule has 0 saturated heterocycles. The summed E-state index contributed by atoms with van der Waals surface area (Å²) in [4.78, 5) is 28.5. The number of aryl methyl sites for hydroxylation is 1. The Morgan fingerprint density at radius 3 is 1.96 bits per heavy atom. The number of nitrogens with zero attached hydrogens (tertiary/aromatic N) is 2. The van der Waals surface area contributed by atoms with Crippen LogP contribution in [-0.4, -0.2) is 40.7 Å². The Kier molecular flexibility index (Phi) is 8.73. The highest BCUT2D eigenvalue weighted by Crippen LogP contribution is 2.11. The van der Waals surface area contributed by atoms with E-state index in [2.05, 4.69) is 12.1 Å². The van der Waals surface area contributed by atoms with Crippen LogP contribution in [0.15, 0.2) is 60.7 Å². The molecule has 150 valence electrons. The molecule has 0 radical (unpaired) electrons. The summed E-state index contributed by atoms with van der Waals surface area (Å²) in [5.41, 5.74) is 2.40. The lowest BCUT2D eigenvalue weighted by Gasteiger charge is -2.28. The molecule has 0 aliphatic heterocycles. The summed E-state index contributed by atoms with van der Waals surface area (Å²) >= 11 is 0. The van der Waals surface area contributed by atoms with E-state index >= 15 is 0 Å². The van der Waals surface area contributed by atoms with Crippen molar-refractivity contribution in [3.63, 3.8) is 0 Å². The molecule has 0 spiro atoms. The van der Waals surface area contributed by atoms with E-state index in [1.54, 1.807) is 11.8 Å². The molecular formula is C24H32N2O2. The Morgan fingerprint density at radius 2 is 1.43 bits per heavy atom. The summed E-state index contributed by atoms with van der Waals surface area (Å²) in [6.45, 7) is 7.40. The van der Waals surface area contributed by atoms with Gasteiger partial charge >= 0.3 is 0 Å². The molecule has 0 aliphatic carbocycles. The van der Waals surface area contributed by atoms with Gasteiger partial charge in [-0.2, -0.15) is 0 Å². The second-order valence-electron chi connectivity index (χ2n) is 7.45. The maximum atomic E-state index is 12.8. The summed E-state index contributed by atoms with van der Waals surface area (Å²) in [6, 6.07) is 20.4. The van der Waals surface area contributed by atoms with Crippen molar-refractivity contribution in [1.82, 2.24) is 9.80 Å². The quantitative estimate of drug-likeness (QED) is 0.617. The average Bonchev–Trinajstić information content (AvgIpc) is 2.69. The van der Waals surface area contributed by atoms with Crippen LogP contribution in [0.5, 0.6) is 0 Å². The zero-order valence-corrected chi connectivity index (χ0v) is 17.3. The van der Waals surface area contributed by atoms with Crippen LogP contribution in [0, 0.1) is 0 Å². The van der Waals surface area contributed by atoms with Crippen molar-refractivity contribution in [1.29, 1.82) is 0 Å². The second kappa shape index (κ2) is 11.3. The molecule has 0 N–H and O–H groups in total. The highest BCUT2D eigenvalue weighted by Gasteiger charge is 2.19. The van der Waals surface area contributed by atoms with Crippen LogP contribution < -0.4 is 0 Å². The predicted octanol–water partition coefficient (Wildman–Crippen LogP) is 4.30. The third-order valence-electron chi connectivity index (χ3n) is 4.92. The number of hydrogen-bond donors (Lipinski definition) is 0. The monoisotopic (exact) mass is 380 g/mol. The third-order valence-corrected chi connectivity index (χ3v) is 4.92. The van der Waals surface area contributed by atoms with Crippen LogP contribution in [0.3, 0.4) is 0 Å². The molecule has 0 unspecified atom stereocenters. The molecule has 0 atom stereocenters. The van der Waals surface area contributed by atoms with E-state index < -0.39 is 0 Å². The van der Waals surface area contributed by atoms with Crippen molar-refractivity contribution in [2.45, 2.75) is 52.6 Å². The van der Waals surface area contributed by atoms with Crippen molar-refractivity contribution in [3.05, 3.63) is 71.8 Å². The highest BCUT2D eigenvalue weighted by molar-refractivity contribution is 5.78. The lowest BCUT2D eigenvalue weighted by molar-refractivity contribution is -0.135. The Bertz CT molecular complexity index is 729. The maximum Gasteiger partial charge on any atom is 0.224 e. The minimum absolute atomic E-state index is 0.0278. The number of amides is 2. The van der Waals surface area contributed by atoms with E-state index in [9.17, 15) is 9.59 Å². The molecule has 0 fully saturated rings. The molecule has 2 aromatic carbocycles. The fourth-order valence-electron chi connectivity index (χ4n) is 3.26. The van der Waals surface area contributed by atoms with Gasteiger partial charge in [-0.3, -0.25) is 9.59 Å². The minimum atomic E-state index is 0.0278. The van der Waals surface area contributed by atoms with Gasteiger partial charge in [-0.15, -0.1) is 0 Å². The van der Waals surface area contributed by atoms with E-state index in [4.69, 9.17) is 0 Å². The first-order chi connectivity index (χ1) is 13.5. The van der Waals surface area contributed by atoms with Crippen LogP contribution in [0.4, 0.5) is 0 Å².